The number of imide groups is 1. The van der Waals surface area contributed by atoms with Crippen molar-refractivity contribution in [1.82, 2.24) is 5.32 Å². The number of hydrogen-bond donors (Lipinski definition) is 1. The summed E-state index contributed by atoms with van der Waals surface area (Å²) < 4.78 is 0. The molecule has 1 N–H and O–H groups in total. The Morgan fingerprint density at radius 3 is 1.39 bits per heavy atom. The maximum absolute atomic E-state index is 11.6. The van der Waals surface area contributed by atoms with Gasteiger partial charge >= 0.3 is 0 Å². The van der Waals surface area contributed by atoms with Gasteiger partial charge in [-0.3, -0.25) is 14.9 Å². The molecule has 0 bridgehead atoms. The summed E-state index contributed by atoms with van der Waals surface area (Å²) in [5.41, 5.74) is 0.380. The molecule has 3 nitrogen and oxygen atoms in total. The van der Waals surface area contributed by atoms with Crippen molar-refractivity contribution in [1.29, 1.82) is 0 Å². The molecule has 0 atom stereocenters. The van der Waals surface area contributed by atoms with E-state index in [2.05, 4.69) is 25.7 Å². The molecule has 2 amide bonds. The van der Waals surface area contributed by atoms with Crippen LogP contribution in [0.2, 0.25) is 0 Å². The quantitative estimate of drug-likeness (QED) is 0.182. The molecule has 3 heteroatoms. The van der Waals surface area contributed by atoms with Gasteiger partial charge in [-0.2, -0.15) is 0 Å². The summed E-state index contributed by atoms with van der Waals surface area (Å²) in [4.78, 5) is 22.9. The zero-order chi connectivity index (χ0) is 21.0. The van der Waals surface area contributed by atoms with Crippen LogP contribution in [0.4, 0.5) is 0 Å². The zero-order valence-corrected chi connectivity index (χ0v) is 19.1. The van der Waals surface area contributed by atoms with Crippen molar-refractivity contribution >= 4 is 11.8 Å². The molecule has 0 aliphatic carbocycles. The molecular formula is C25H47NO2. The smallest absolute Gasteiger partial charge is 0.252 e. The number of rotatable bonds is 19. The van der Waals surface area contributed by atoms with Crippen molar-refractivity contribution in [3.8, 4) is 0 Å². The van der Waals surface area contributed by atoms with Crippen LogP contribution in [0.3, 0.4) is 0 Å². The second kappa shape index (κ2) is 19.2. The van der Waals surface area contributed by atoms with Crippen molar-refractivity contribution in [3.05, 3.63) is 12.2 Å². The Morgan fingerprint density at radius 2 is 1.04 bits per heavy atom. The van der Waals surface area contributed by atoms with E-state index in [0.717, 1.165) is 18.8 Å². The molecule has 28 heavy (non-hydrogen) atoms. The van der Waals surface area contributed by atoms with E-state index >= 15 is 0 Å². The normalized spacial score (nSPS) is 11.0. The van der Waals surface area contributed by atoms with E-state index in [-0.39, 0.29) is 11.8 Å². The maximum atomic E-state index is 11.6. The molecule has 0 saturated heterocycles. The molecule has 0 aromatic carbocycles. The first-order valence-corrected chi connectivity index (χ1v) is 11.9. The van der Waals surface area contributed by atoms with Crippen LogP contribution in [0.1, 0.15) is 130 Å². The Hall–Kier alpha value is -1.12. The lowest BCUT2D eigenvalue weighted by molar-refractivity contribution is -0.128. The van der Waals surface area contributed by atoms with Gasteiger partial charge in [0.25, 0.3) is 5.91 Å². The van der Waals surface area contributed by atoms with Gasteiger partial charge in [-0.05, 0) is 19.3 Å². The number of unbranched alkanes of at least 4 members (excludes halogenated alkanes) is 14. The first-order chi connectivity index (χ1) is 13.4. The minimum absolute atomic E-state index is 0.177. The summed E-state index contributed by atoms with van der Waals surface area (Å²) in [5.74, 6) is 0.334. The fraction of sp³-hybridized carbons (Fsp3) is 0.840. The van der Waals surface area contributed by atoms with Gasteiger partial charge < -0.3 is 0 Å². The third kappa shape index (κ3) is 19.6. The molecule has 0 aliphatic rings. The molecule has 0 rings (SSSR count). The summed E-state index contributed by atoms with van der Waals surface area (Å²) in [6, 6.07) is 0. The summed E-state index contributed by atoms with van der Waals surface area (Å²) in [6.45, 7) is 9.77. The maximum Gasteiger partial charge on any atom is 0.252 e. The van der Waals surface area contributed by atoms with Gasteiger partial charge in [0, 0.05) is 12.0 Å². The Bertz CT molecular complexity index is 415. The minimum Gasteiger partial charge on any atom is -0.293 e. The molecule has 0 saturated carbocycles. The SMILES string of the molecule is C=C(C)C(=O)NC(=O)CCCCCCCCCCCCCCCCCC(C)C. The highest BCUT2D eigenvalue weighted by molar-refractivity contribution is 6.03. The van der Waals surface area contributed by atoms with E-state index in [1.165, 1.54) is 89.9 Å². The van der Waals surface area contributed by atoms with Crippen LogP contribution in [0.5, 0.6) is 0 Å². The third-order valence-corrected chi connectivity index (χ3v) is 5.33. The van der Waals surface area contributed by atoms with E-state index < -0.39 is 0 Å². The van der Waals surface area contributed by atoms with Gasteiger partial charge in [0.15, 0.2) is 0 Å². The molecule has 0 fully saturated rings. The Labute approximate surface area is 175 Å². The van der Waals surface area contributed by atoms with Gasteiger partial charge in [-0.25, -0.2) is 0 Å². The highest BCUT2D eigenvalue weighted by Crippen LogP contribution is 2.15. The van der Waals surface area contributed by atoms with Crippen molar-refractivity contribution in [3.63, 3.8) is 0 Å². The van der Waals surface area contributed by atoms with Crippen molar-refractivity contribution in [2.45, 2.75) is 130 Å². The van der Waals surface area contributed by atoms with Gasteiger partial charge in [0.05, 0.1) is 0 Å². The lowest BCUT2D eigenvalue weighted by Crippen LogP contribution is -2.30. The molecule has 0 aliphatic heterocycles. The fourth-order valence-electron chi connectivity index (χ4n) is 3.43. The Morgan fingerprint density at radius 1 is 0.679 bits per heavy atom. The molecule has 164 valence electrons. The molecule has 0 radical (unpaired) electrons. The topological polar surface area (TPSA) is 46.2 Å². The highest BCUT2D eigenvalue weighted by Gasteiger charge is 2.07. The fourth-order valence-corrected chi connectivity index (χ4v) is 3.43. The zero-order valence-electron chi connectivity index (χ0n) is 19.1. The van der Waals surface area contributed by atoms with E-state index in [9.17, 15) is 9.59 Å². The first-order valence-electron chi connectivity index (χ1n) is 11.9. The van der Waals surface area contributed by atoms with E-state index in [0.29, 0.717) is 12.0 Å². The predicted octanol–water partition coefficient (Wildman–Crippen LogP) is 7.49. The van der Waals surface area contributed by atoms with Crippen molar-refractivity contribution in [2.24, 2.45) is 5.92 Å². The Kier molecular flexibility index (Phi) is 18.4. The van der Waals surface area contributed by atoms with Gasteiger partial charge in [0.2, 0.25) is 5.91 Å². The number of amides is 2. The van der Waals surface area contributed by atoms with Crippen molar-refractivity contribution in [2.75, 3.05) is 0 Å². The Balaban J connectivity index is 3.19. The van der Waals surface area contributed by atoms with E-state index in [1.54, 1.807) is 6.92 Å². The standard InChI is InChI=1S/C25H47NO2/c1-22(2)20-18-16-14-12-10-8-6-5-7-9-11-13-15-17-19-21-24(27)26-25(28)23(3)4/h22H,3,5-21H2,1-2,4H3,(H,26,27,28). The van der Waals surface area contributed by atoms with Crippen LogP contribution in [0.15, 0.2) is 12.2 Å². The van der Waals surface area contributed by atoms with Crippen LogP contribution >= 0.6 is 0 Å². The monoisotopic (exact) mass is 393 g/mol. The summed E-state index contributed by atoms with van der Waals surface area (Å²) in [5, 5.41) is 2.36. The average Bonchev–Trinajstić information content (AvgIpc) is 2.63. The molecule has 0 aromatic rings. The van der Waals surface area contributed by atoms with Gasteiger partial charge in [-0.15, -0.1) is 0 Å². The van der Waals surface area contributed by atoms with Crippen LogP contribution < -0.4 is 5.32 Å². The second-order valence-electron chi connectivity index (χ2n) is 8.89. The summed E-state index contributed by atoms with van der Waals surface area (Å²) in [6.07, 6.45) is 21.6. The van der Waals surface area contributed by atoms with Crippen LogP contribution in [0.25, 0.3) is 0 Å². The summed E-state index contributed by atoms with van der Waals surface area (Å²) in [7, 11) is 0. The van der Waals surface area contributed by atoms with Gasteiger partial charge in [-0.1, -0.05) is 117 Å². The molecule has 0 aromatic heterocycles. The summed E-state index contributed by atoms with van der Waals surface area (Å²) >= 11 is 0. The highest BCUT2D eigenvalue weighted by atomic mass is 16.2. The van der Waals surface area contributed by atoms with Gasteiger partial charge in [0.1, 0.15) is 0 Å². The number of carbonyl (C=O) groups excluding carboxylic acids is 2. The van der Waals surface area contributed by atoms with Crippen LogP contribution in [-0.4, -0.2) is 11.8 Å². The minimum atomic E-state index is -0.355. The molecule has 0 unspecified atom stereocenters. The molecular weight excluding hydrogens is 346 g/mol. The first kappa shape index (κ1) is 26.9. The molecule has 0 spiro atoms. The number of hydrogen-bond acceptors (Lipinski definition) is 2. The lowest BCUT2D eigenvalue weighted by Gasteiger charge is -2.05. The van der Waals surface area contributed by atoms with E-state index in [4.69, 9.17) is 0 Å². The van der Waals surface area contributed by atoms with E-state index in [1.807, 2.05) is 0 Å². The predicted molar refractivity (Wildman–Crippen MR) is 121 cm³/mol. The average molecular weight is 394 g/mol. The van der Waals surface area contributed by atoms with Crippen LogP contribution in [-0.2, 0) is 9.59 Å². The lowest BCUT2D eigenvalue weighted by atomic mass is 10.0. The van der Waals surface area contributed by atoms with Crippen molar-refractivity contribution < 1.29 is 9.59 Å². The van der Waals surface area contributed by atoms with Crippen LogP contribution in [0, 0.1) is 5.92 Å². The molecule has 0 heterocycles. The number of carbonyl (C=O) groups is 2. The number of nitrogens with one attached hydrogen (secondary N) is 1. The largest absolute Gasteiger partial charge is 0.293 e. The third-order valence-electron chi connectivity index (χ3n) is 5.33. The second-order valence-corrected chi connectivity index (χ2v) is 8.89.